The molecule has 0 amide bonds. The molecule has 0 N–H and O–H groups in total. The Kier molecular flexibility index (Phi) is 2.85. The molecule has 1 aromatic carbocycles. The predicted octanol–water partition coefficient (Wildman–Crippen LogP) is 3.65. The molecule has 0 unspecified atom stereocenters. The van der Waals surface area contributed by atoms with Gasteiger partial charge in [-0.3, -0.25) is 0 Å². The van der Waals surface area contributed by atoms with Crippen LogP contribution in [0.4, 0.5) is 0 Å². The van der Waals surface area contributed by atoms with Gasteiger partial charge in [0, 0.05) is 16.7 Å². The van der Waals surface area contributed by atoms with Crippen molar-refractivity contribution in [2.75, 3.05) is 0 Å². The summed E-state index contributed by atoms with van der Waals surface area (Å²) in [7, 11) is 0. The highest BCUT2D eigenvalue weighted by Crippen LogP contribution is 2.19. The van der Waals surface area contributed by atoms with Crippen LogP contribution in [0, 0.1) is 0 Å². The molecule has 0 fully saturated rings. The number of hydrogen-bond donors (Lipinski definition) is 0. The van der Waals surface area contributed by atoms with Crippen molar-refractivity contribution in [3.63, 3.8) is 0 Å². The maximum absolute atomic E-state index is 4.44. The first-order valence-corrected chi connectivity index (χ1v) is 6.57. The number of nitrogens with zero attached hydrogens (tertiary/aromatic N) is 2. The average Bonchev–Trinajstić information content (AvgIpc) is 2.76. The van der Waals surface area contributed by atoms with Crippen LogP contribution >= 0.6 is 15.9 Å². The highest BCUT2D eigenvalue weighted by atomic mass is 79.9. The molecule has 1 aromatic heterocycles. The van der Waals surface area contributed by atoms with Crippen LogP contribution in [-0.2, 0) is 13.0 Å². The Hall–Kier alpha value is -1.35. The number of benzene rings is 1. The molecule has 0 saturated carbocycles. The maximum Gasteiger partial charge on any atom is 0.0958 e. The predicted molar refractivity (Wildman–Crippen MR) is 72.8 cm³/mol. The van der Waals surface area contributed by atoms with E-state index >= 15 is 0 Å². The Bertz CT molecular complexity index is 552. The molecule has 0 saturated heterocycles. The molecule has 1 heterocycles. The Morgan fingerprint density at radius 1 is 1.24 bits per heavy atom. The number of allylic oxidation sites excluding steroid dienone is 1. The molecular formula is C14H13BrN2. The lowest BCUT2D eigenvalue weighted by molar-refractivity contribution is 0.730. The number of hydrogen-bond acceptors (Lipinski definition) is 1. The molecule has 3 rings (SSSR count). The lowest BCUT2D eigenvalue weighted by Crippen LogP contribution is -2.05. The minimum absolute atomic E-state index is 0.906. The van der Waals surface area contributed by atoms with Crippen molar-refractivity contribution in [2.45, 2.75) is 19.4 Å². The van der Waals surface area contributed by atoms with Gasteiger partial charge in [-0.05, 0) is 36.6 Å². The van der Waals surface area contributed by atoms with E-state index in [1.165, 1.54) is 11.3 Å². The van der Waals surface area contributed by atoms with E-state index in [1.807, 2.05) is 6.33 Å². The van der Waals surface area contributed by atoms with Gasteiger partial charge >= 0.3 is 0 Å². The van der Waals surface area contributed by atoms with Gasteiger partial charge in [0.25, 0.3) is 0 Å². The SMILES string of the molecule is Brc1ccc(Cn2cnc3c2CCC=C3)cc1. The van der Waals surface area contributed by atoms with E-state index in [0.717, 1.165) is 29.6 Å². The molecule has 0 bridgehead atoms. The topological polar surface area (TPSA) is 17.8 Å². The summed E-state index contributed by atoms with van der Waals surface area (Å²) in [5, 5.41) is 0. The fourth-order valence-corrected chi connectivity index (χ4v) is 2.44. The molecule has 0 radical (unpaired) electrons. The Morgan fingerprint density at radius 2 is 2.06 bits per heavy atom. The second-order valence-corrected chi connectivity index (χ2v) is 5.19. The molecule has 2 nitrogen and oxygen atoms in total. The van der Waals surface area contributed by atoms with Gasteiger partial charge in [0.1, 0.15) is 0 Å². The van der Waals surface area contributed by atoms with Gasteiger partial charge in [-0.25, -0.2) is 4.98 Å². The molecule has 1 aliphatic carbocycles. The van der Waals surface area contributed by atoms with Crippen molar-refractivity contribution in [1.29, 1.82) is 0 Å². The number of rotatable bonds is 2. The quantitative estimate of drug-likeness (QED) is 0.825. The van der Waals surface area contributed by atoms with Crippen LogP contribution in [0.3, 0.4) is 0 Å². The third-order valence-electron chi connectivity index (χ3n) is 3.07. The minimum atomic E-state index is 0.906. The normalized spacial score (nSPS) is 13.7. The smallest absolute Gasteiger partial charge is 0.0958 e. The summed E-state index contributed by atoms with van der Waals surface area (Å²) >= 11 is 3.46. The molecule has 2 aromatic rings. The third-order valence-corrected chi connectivity index (χ3v) is 3.60. The molecule has 3 heteroatoms. The molecule has 17 heavy (non-hydrogen) atoms. The van der Waals surface area contributed by atoms with Crippen molar-refractivity contribution >= 4 is 22.0 Å². The van der Waals surface area contributed by atoms with Crippen LogP contribution in [0.1, 0.15) is 23.4 Å². The van der Waals surface area contributed by atoms with Crippen LogP contribution in [-0.4, -0.2) is 9.55 Å². The molecule has 86 valence electrons. The lowest BCUT2D eigenvalue weighted by Gasteiger charge is -2.10. The first-order valence-electron chi connectivity index (χ1n) is 5.78. The zero-order chi connectivity index (χ0) is 11.7. The zero-order valence-electron chi connectivity index (χ0n) is 9.44. The van der Waals surface area contributed by atoms with E-state index in [4.69, 9.17) is 0 Å². The summed E-state index contributed by atoms with van der Waals surface area (Å²) in [5.41, 5.74) is 3.80. The molecule has 0 spiro atoms. The highest BCUT2D eigenvalue weighted by molar-refractivity contribution is 9.10. The summed E-state index contributed by atoms with van der Waals surface area (Å²) < 4.78 is 3.37. The summed E-state index contributed by atoms with van der Waals surface area (Å²) in [4.78, 5) is 4.44. The van der Waals surface area contributed by atoms with Gasteiger partial charge in [0.15, 0.2) is 0 Å². The van der Waals surface area contributed by atoms with E-state index in [2.05, 4.69) is 61.9 Å². The first-order chi connectivity index (χ1) is 8.33. The number of aromatic nitrogens is 2. The van der Waals surface area contributed by atoms with Gasteiger partial charge in [0.2, 0.25) is 0 Å². The summed E-state index contributed by atoms with van der Waals surface area (Å²) in [6.45, 7) is 0.906. The number of fused-ring (bicyclic) bond motifs is 1. The standard InChI is InChI=1S/C14H13BrN2/c15-12-7-5-11(6-8-12)9-17-10-16-13-3-1-2-4-14(13)17/h1,3,5-8,10H,2,4,9H2. The lowest BCUT2D eigenvalue weighted by atomic mass is 10.1. The van der Waals surface area contributed by atoms with Crippen LogP contribution in [0.5, 0.6) is 0 Å². The fraction of sp³-hybridized carbons (Fsp3) is 0.214. The fourth-order valence-electron chi connectivity index (χ4n) is 2.17. The summed E-state index contributed by atoms with van der Waals surface area (Å²) in [5.74, 6) is 0. The Labute approximate surface area is 109 Å². The number of imidazole rings is 1. The van der Waals surface area contributed by atoms with Crippen molar-refractivity contribution < 1.29 is 0 Å². The molecular weight excluding hydrogens is 276 g/mol. The van der Waals surface area contributed by atoms with Gasteiger partial charge in [-0.1, -0.05) is 34.1 Å². The van der Waals surface area contributed by atoms with Crippen molar-refractivity contribution in [1.82, 2.24) is 9.55 Å². The monoisotopic (exact) mass is 288 g/mol. The second-order valence-electron chi connectivity index (χ2n) is 4.27. The van der Waals surface area contributed by atoms with Crippen LogP contribution in [0.2, 0.25) is 0 Å². The van der Waals surface area contributed by atoms with Crippen molar-refractivity contribution in [3.05, 3.63) is 58.1 Å². The van der Waals surface area contributed by atoms with Crippen LogP contribution in [0.25, 0.3) is 6.08 Å². The maximum atomic E-state index is 4.44. The highest BCUT2D eigenvalue weighted by Gasteiger charge is 2.11. The summed E-state index contributed by atoms with van der Waals surface area (Å²) in [6.07, 6.45) is 8.49. The van der Waals surface area contributed by atoms with Gasteiger partial charge in [-0.2, -0.15) is 0 Å². The molecule has 1 aliphatic rings. The van der Waals surface area contributed by atoms with E-state index in [9.17, 15) is 0 Å². The van der Waals surface area contributed by atoms with Crippen LogP contribution in [0.15, 0.2) is 41.1 Å². The zero-order valence-corrected chi connectivity index (χ0v) is 11.0. The van der Waals surface area contributed by atoms with Crippen molar-refractivity contribution in [2.24, 2.45) is 0 Å². The molecule has 0 aliphatic heterocycles. The van der Waals surface area contributed by atoms with E-state index in [1.54, 1.807) is 0 Å². The van der Waals surface area contributed by atoms with Gasteiger partial charge in [-0.15, -0.1) is 0 Å². The van der Waals surface area contributed by atoms with E-state index in [0.29, 0.717) is 0 Å². The minimum Gasteiger partial charge on any atom is -0.330 e. The Morgan fingerprint density at radius 3 is 2.88 bits per heavy atom. The third kappa shape index (κ3) is 2.20. The average molecular weight is 289 g/mol. The van der Waals surface area contributed by atoms with Gasteiger partial charge in [0.05, 0.1) is 12.0 Å². The van der Waals surface area contributed by atoms with E-state index < -0.39 is 0 Å². The molecule has 0 atom stereocenters. The number of halogens is 1. The van der Waals surface area contributed by atoms with E-state index in [-0.39, 0.29) is 0 Å². The van der Waals surface area contributed by atoms with Crippen LogP contribution < -0.4 is 0 Å². The first kappa shape index (κ1) is 10.8. The van der Waals surface area contributed by atoms with Gasteiger partial charge < -0.3 is 4.57 Å². The second kappa shape index (κ2) is 4.49. The summed E-state index contributed by atoms with van der Waals surface area (Å²) in [6, 6.07) is 8.46. The Balaban J connectivity index is 1.88. The largest absolute Gasteiger partial charge is 0.330 e. The van der Waals surface area contributed by atoms with Crippen molar-refractivity contribution in [3.8, 4) is 0 Å².